The summed E-state index contributed by atoms with van der Waals surface area (Å²) in [5, 5.41) is 13.1. The lowest BCUT2D eigenvalue weighted by Gasteiger charge is -2.19. The zero-order chi connectivity index (χ0) is 11.4. The highest BCUT2D eigenvalue weighted by molar-refractivity contribution is 5.31. The predicted octanol–water partition coefficient (Wildman–Crippen LogP) is 1.61. The minimum atomic E-state index is 0.372. The lowest BCUT2D eigenvalue weighted by atomic mass is 10.0. The van der Waals surface area contributed by atoms with Gasteiger partial charge in [-0.25, -0.2) is 0 Å². The summed E-state index contributed by atoms with van der Waals surface area (Å²) in [5.74, 6) is 0.975. The predicted molar refractivity (Wildman–Crippen MR) is 65.1 cm³/mol. The maximum absolute atomic E-state index is 9.64. The molecule has 0 heterocycles. The molecule has 0 bridgehead atoms. The van der Waals surface area contributed by atoms with Crippen LogP contribution in [0, 0.1) is 5.92 Å². The Kier molecular flexibility index (Phi) is 3.80. The summed E-state index contributed by atoms with van der Waals surface area (Å²) in [4.78, 5) is 0. The van der Waals surface area contributed by atoms with Gasteiger partial charge in [0.15, 0.2) is 0 Å². The fraction of sp³-hybridized carbons (Fsp3) is 0.538. The maximum Gasteiger partial charge on any atom is 0.120 e. The molecule has 0 aromatic heterocycles. The van der Waals surface area contributed by atoms with E-state index in [2.05, 4.69) is 5.32 Å². The number of para-hydroxylation sites is 1. The highest BCUT2D eigenvalue weighted by atomic mass is 16.3. The third-order valence-corrected chi connectivity index (χ3v) is 3.51. The molecule has 2 unspecified atom stereocenters. The van der Waals surface area contributed by atoms with E-state index in [0.29, 0.717) is 17.7 Å². The molecule has 3 nitrogen and oxygen atoms in total. The standard InChI is InChI=1S/C13H20N2O/c14-8-10-5-3-6-12(10)15-9-11-4-1-2-7-13(11)16/h1-2,4,7,10,12,15-16H,3,5-6,8-9,14H2. The first-order chi connectivity index (χ1) is 7.81. The van der Waals surface area contributed by atoms with Crippen LogP contribution in [-0.4, -0.2) is 17.7 Å². The molecule has 4 N–H and O–H groups in total. The van der Waals surface area contributed by atoms with Crippen molar-refractivity contribution in [2.45, 2.75) is 31.8 Å². The molecular weight excluding hydrogens is 200 g/mol. The fourth-order valence-corrected chi connectivity index (χ4v) is 2.49. The molecule has 1 saturated carbocycles. The summed E-state index contributed by atoms with van der Waals surface area (Å²) in [6, 6.07) is 7.99. The third-order valence-electron chi connectivity index (χ3n) is 3.51. The molecule has 1 aliphatic carbocycles. The van der Waals surface area contributed by atoms with Crippen molar-refractivity contribution >= 4 is 0 Å². The van der Waals surface area contributed by atoms with Gasteiger partial charge in [0.2, 0.25) is 0 Å². The lowest BCUT2D eigenvalue weighted by molar-refractivity contribution is 0.399. The van der Waals surface area contributed by atoms with Crippen LogP contribution in [-0.2, 0) is 6.54 Å². The lowest BCUT2D eigenvalue weighted by Crippen LogP contribution is -2.35. The molecule has 88 valence electrons. The van der Waals surface area contributed by atoms with Gasteiger partial charge < -0.3 is 16.2 Å². The smallest absolute Gasteiger partial charge is 0.120 e. The zero-order valence-corrected chi connectivity index (χ0v) is 9.52. The Morgan fingerprint density at radius 1 is 1.31 bits per heavy atom. The second-order valence-corrected chi connectivity index (χ2v) is 4.54. The molecule has 0 aliphatic heterocycles. The largest absolute Gasteiger partial charge is 0.508 e. The topological polar surface area (TPSA) is 58.3 Å². The molecule has 0 spiro atoms. The van der Waals surface area contributed by atoms with Crippen LogP contribution in [0.25, 0.3) is 0 Å². The first-order valence-corrected chi connectivity index (χ1v) is 6.01. The number of benzene rings is 1. The second-order valence-electron chi connectivity index (χ2n) is 4.54. The van der Waals surface area contributed by atoms with Gasteiger partial charge in [-0.3, -0.25) is 0 Å². The zero-order valence-electron chi connectivity index (χ0n) is 9.52. The molecule has 1 aromatic carbocycles. The van der Waals surface area contributed by atoms with E-state index in [0.717, 1.165) is 18.7 Å². The van der Waals surface area contributed by atoms with Gasteiger partial charge in [-0.2, -0.15) is 0 Å². The van der Waals surface area contributed by atoms with Gasteiger partial charge in [0.05, 0.1) is 0 Å². The Bertz CT molecular complexity index is 340. The summed E-state index contributed by atoms with van der Waals surface area (Å²) < 4.78 is 0. The van der Waals surface area contributed by atoms with Crippen LogP contribution in [0.4, 0.5) is 0 Å². The van der Waals surface area contributed by atoms with Crippen molar-refractivity contribution in [3.05, 3.63) is 29.8 Å². The van der Waals surface area contributed by atoms with Crippen LogP contribution < -0.4 is 11.1 Å². The average Bonchev–Trinajstić information content (AvgIpc) is 2.75. The summed E-state index contributed by atoms with van der Waals surface area (Å²) >= 11 is 0. The van der Waals surface area contributed by atoms with Gasteiger partial charge in [0.25, 0.3) is 0 Å². The minimum Gasteiger partial charge on any atom is -0.508 e. The molecule has 2 rings (SSSR count). The van der Waals surface area contributed by atoms with Crippen molar-refractivity contribution in [3.63, 3.8) is 0 Å². The van der Waals surface area contributed by atoms with Crippen molar-refractivity contribution in [2.75, 3.05) is 6.54 Å². The van der Waals surface area contributed by atoms with Crippen LogP contribution in [0.3, 0.4) is 0 Å². The average molecular weight is 220 g/mol. The number of hydrogen-bond acceptors (Lipinski definition) is 3. The molecule has 0 amide bonds. The Balaban J connectivity index is 1.90. The van der Waals surface area contributed by atoms with E-state index in [-0.39, 0.29) is 0 Å². The van der Waals surface area contributed by atoms with Crippen molar-refractivity contribution < 1.29 is 5.11 Å². The monoisotopic (exact) mass is 220 g/mol. The number of nitrogens with two attached hydrogens (primary N) is 1. The molecule has 3 heteroatoms. The third kappa shape index (κ3) is 2.54. The number of aromatic hydroxyl groups is 1. The molecule has 1 fully saturated rings. The summed E-state index contributed by atoms with van der Waals surface area (Å²) in [6.07, 6.45) is 3.70. The number of nitrogens with one attached hydrogen (secondary N) is 1. The van der Waals surface area contributed by atoms with Gasteiger partial charge in [0, 0.05) is 18.2 Å². The Labute approximate surface area is 96.7 Å². The van der Waals surface area contributed by atoms with Gasteiger partial charge >= 0.3 is 0 Å². The van der Waals surface area contributed by atoms with E-state index in [1.807, 2.05) is 18.2 Å². The van der Waals surface area contributed by atoms with Crippen molar-refractivity contribution in [1.82, 2.24) is 5.32 Å². The van der Waals surface area contributed by atoms with Gasteiger partial charge in [-0.05, 0) is 31.4 Å². The summed E-state index contributed by atoms with van der Waals surface area (Å²) in [7, 11) is 0. The molecule has 2 atom stereocenters. The van der Waals surface area contributed by atoms with E-state index in [4.69, 9.17) is 5.73 Å². The van der Waals surface area contributed by atoms with Gasteiger partial charge in [0.1, 0.15) is 5.75 Å². The maximum atomic E-state index is 9.64. The first kappa shape index (κ1) is 11.4. The molecule has 0 radical (unpaired) electrons. The quantitative estimate of drug-likeness (QED) is 0.722. The molecule has 0 saturated heterocycles. The van der Waals surface area contributed by atoms with E-state index >= 15 is 0 Å². The van der Waals surface area contributed by atoms with Gasteiger partial charge in [-0.1, -0.05) is 24.6 Å². The van der Waals surface area contributed by atoms with Crippen LogP contribution in [0.2, 0.25) is 0 Å². The second kappa shape index (κ2) is 5.32. The fourth-order valence-electron chi connectivity index (χ4n) is 2.49. The number of hydrogen-bond donors (Lipinski definition) is 3. The van der Waals surface area contributed by atoms with Crippen molar-refractivity contribution in [2.24, 2.45) is 11.7 Å². The van der Waals surface area contributed by atoms with Crippen molar-refractivity contribution in [1.29, 1.82) is 0 Å². The Morgan fingerprint density at radius 2 is 2.12 bits per heavy atom. The first-order valence-electron chi connectivity index (χ1n) is 6.01. The number of phenolic OH excluding ortho intramolecular Hbond substituents is 1. The number of phenols is 1. The molecule has 16 heavy (non-hydrogen) atoms. The van der Waals surface area contributed by atoms with Crippen LogP contribution in [0.15, 0.2) is 24.3 Å². The van der Waals surface area contributed by atoms with E-state index < -0.39 is 0 Å². The minimum absolute atomic E-state index is 0.372. The van der Waals surface area contributed by atoms with Crippen LogP contribution in [0.5, 0.6) is 5.75 Å². The number of rotatable bonds is 4. The summed E-state index contributed by atoms with van der Waals surface area (Å²) in [5.41, 5.74) is 6.70. The van der Waals surface area contributed by atoms with E-state index in [9.17, 15) is 5.11 Å². The Morgan fingerprint density at radius 3 is 2.88 bits per heavy atom. The molecule has 1 aliphatic rings. The Hall–Kier alpha value is -1.06. The summed E-state index contributed by atoms with van der Waals surface area (Å²) in [6.45, 7) is 1.49. The van der Waals surface area contributed by atoms with Gasteiger partial charge in [-0.15, -0.1) is 0 Å². The van der Waals surface area contributed by atoms with E-state index in [1.54, 1.807) is 6.07 Å². The van der Waals surface area contributed by atoms with Crippen LogP contribution in [0.1, 0.15) is 24.8 Å². The van der Waals surface area contributed by atoms with E-state index in [1.165, 1.54) is 19.3 Å². The van der Waals surface area contributed by atoms with Crippen molar-refractivity contribution in [3.8, 4) is 5.75 Å². The highest BCUT2D eigenvalue weighted by Crippen LogP contribution is 2.25. The van der Waals surface area contributed by atoms with Crippen LogP contribution >= 0.6 is 0 Å². The normalized spacial score (nSPS) is 24.8. The molecular formula is C13H20N2O. The SMILES string of the molecule is NCC1CCCC1NCc1ccccc1O. The molecule has 1 aromatic rings. The highest BCUT2D eigenvalue weighted by Gasteiger charge is 2.25.